The molecule has 2 unspecified atom stereocenters. The molecule has 2 aliphatic carbocycles. The van der Waals surface area contributed by atoms with Crippen LogP contribution in [-0.2, 0) is 4.79 Å². The molecular weight excluding hydrogens is 250 g/mol. The molecule has 2 aliphatic rings. The number of ketones is 1. The highest BCUT2D eigenvalue weighted by atomic mass is 16.3. The van der Waals surface area contributed by atoms with Crippen LogP contribution in [0.1, 0.15) is 25.7 Å². The first-order valence-corrected chi connectivity index (χ1v) is 6.43. The molecule has 0 bridgehead atoms. The van der Waals surface area contributed by atoms with Crippen molar-refractivity contribution in [2.45, 2.75) is 25.7 Å². The first-order chi connectivity index (χ1) is 9.15. The summed E-state index contributed by atoms with van der Waals surface area (Å²) in [6, 6.07) is -0.739. The summed E-state index contributed by atoms with van der Waals surface area (Å²) in [6.45, 7) is -0.125. The fraction of sp³-hybridized carbons (Fsp3) is 0.667. The van der Waals surface area contributed by atoms with Gasteiger partial charge < -0.3 is 15.5 Å². The van der Waals surface area contributed by atoms with Gasteiger partial charge in [0.05, 0.1) is 6.61 Å². The van der Waals surface area contributed by atoms with Crippen molar-refractivity contribution in [2.75, 3.05) is 13.2 Å². The van der Waals surface area contributed by atoms with Crippen molar-refractivity contribution >= 4 is 11.8 Å². The number of Topliss-reactive ketones (excluding diaryl/α,β-unsaturated/α-hetero) is 1. The third-order valence-electron chi connectivity index (χ3n) is 3.56. The zero-order chi connectivity index (χ0) is 13.8. The van der Waals surface area contributed by atoms with E-state index in [4.69, 9.17) is 5.11 Å². The average molecular weight is 267 g/mol. The maximum absolute atomic E-state index is 12.0. The predicted octanol–water partition coefficient (Wildman–Crippen LogP) is 1.30. The molecule has 7 heteroatoms. The van der Waals surface area contributed by atoms with Gasteiger partial charge in [0.25, 0.3) is 0 Å². The number of aliphatic hydroxyl groups excluding tert-OH is 2. The molecule has 0 radical (unpaired) electrons. The highest BCUT2D eigenvalue weighted by Crippen LogP contribution is 2.42. The third-order valence-corrected chi connectivity index (χ3v) is 3.56. The number of nitrogens with one attached hydrogen (secondary N) is 1. The van der Waals surface area contributed by atoms with Crippen LogP contribution < -0.4 is 5.32 Å². The zero-order valence-corrected chi connectivity index (χ0v) is 10.5. The van der Waals surface area contributed by atoms with E-state index >= 15 is 0 Å². The Balaban J connectivity index is 2.06. The maximum Gasteiger partial charge on any atom is 0.359 e. The third kappa shape index (κ3) is 2.81. The van der Waals surface area contributed by atoms with Gasteiger partial charge in [-0.05, 0) is 12.8 Å². The van der Waals surface area contributed by atoms with Crippen molar-refractivity contribution < 1.29 is 19.8 Å². The molecule has 0 saturated heterocycles. The summed E-state index contributed by atoms with van der Waals surface area (Å²) < 4.78 is 0. The van der Waals surface area contributed by atoms with Gasteiger partial charge in [-0.15, -0.1) is 5.11 Å². The van der Waals surface area contributed by atoms with E-state index < -0.39 is 6.03 Å². The molecule has 2 amide bonds. The van der Waals surface area contributed by atoms with Gasteiger partial charge in [0, 0.05) is 18.4 Å². The Labute approximate surface area is 110 Å². The molecule has 1 fully saturated rings. The second-order valence-electron chi connectivity index (χ2n) is 4.75. The summed E-state index contributed by atoms with van der Waals surface area (Å²) in [5.74, 6) is -0.617. The molecule has 3 N–H and O–H groups in total. The van der Waals surface area contributed by atoms with Gasteiger partial charge in [0.1, 0.15) is 5.76 Å². The SMILES string of the molecule is O=C(N=NC1=C(O)C2CCCCC2C1=O)NCCO. The Kier molecular flexibility index (Phi) is 4.26. The number of amides is 2. The van der Waals surface area contributed by atoms with Gasteiger partial charge in [-0.1, -0.05) is 18.0 Å². The normalized spacial score (nSPS) is 26.9. The van der Waals surface area contributed by atoms with Crippen LogP contribution in [-0.4, -0.2) is 35.2 Å². The molecule has 1 saturated carbocycles. The molecule has 0 aromatic carbocycles. The molecule has 104 valence electrons. The van der Waals surface area contributed by atoms with Crippen molar-refractivity contribution in [1.82, 2.24) is 5.32 Å². The van der Waals surface area contributed by atoms with E-state index in [0.717, 1.165) is 25.7 Å². The highest BCUT2D eigenvalue weighted by Gasteiger charge is 2.43. The minimum Gasteiger partial charge on any atom is -0.510 e. The van der Waals surface area contributed by atoms with Gasteiger partial charge in [-0.3, -0.25) is 4.79 Å². The minimum absolute atomic E-state index is 0.0339. The van der Waals surface area contributed by atoms with Gasteiger partial charge in [-0.2, -0.15) is 0 Å². The molecule has 0 heterocycles. The standard InChI is InChI=1S/C12H17N3O4/c16-6-5-13-12(19)15-14-9-10(17)7-3-1-2-4-8(7)11(9)18/h7-8,16-17H,1-6H2,(H,13,19). The topological polar surface area (TPSA) is 111 Å². The molecule has 0 aromatic rings. The lowest BCUT2D eigenvalue weighted by atomic mass is 9.80. The molecule has 0 aromatic heterocycles. The van der Waals surface area contributed by atoms with Gasteiger partial charge >= 0.3 is 6.03 Å². The Morgan fingerprint density at radius 2 is 2.00 bits per heavy atom. The van der Waals surface area contributed by atoms with E-state index in [1.807, 2.05) is 0 Å². The van der Waals surface area contributed by atoms with Crippen LogP contribution in [0.25, 0.3) is 0 Å². The van der Waals surface area contributed by atoms with Crippen LogP contribution in [0.2, 0.25) is 0 Å². The lowest BCUT2D eigenvalue weighted by molar-refractivity contribution is -0.120. The molecular formula is C12H17N3O4. The first kappa shape index (κ1) is 13.7. The number of aliphatic hydroxyl groups is 2. The second-order valence-corrected chi connectivity index (χ2v) is 4.75. The summed E-state index contributed by atoms with van der Waals surface area (Å²) in [6.07, 6.45) is 3.49. The molecule has 19 heavy (non-hydrogen) atoms. The van der Waals surface area contributed by atoms with Crippen molar-refractivity contribution in [2.24, 2.45) is 22.1 Å². The second kappa shape index (κ2) is 5.92. The quantitative estimate of drug-likeness (QED) is 0.669. The van der Waals surface area contributed by atoms with E-state index in [1.165, 1.54) is 0 Å². The molecule has 2 rings (SSSR count). The molecule has 0 aliphatic heterocycles. The number of carbonyl (C=O) groups excluding carboxylic acids is 2. The fourth-order valence-electron chi connectivity index (χ4n) is 2.64. The van der Waals surface area contributed by atoms with Gasteiger partial charge in [0.2, 0.25) is 0 Å². The number of rotatable bonds is 3. The number of nitrogens with zero attached hydrogens (tertiary/aromatic N) is 2. The maximum atomic E-state index is 12.0. The number of hydrogen-bond donors (Lipinski definition) is 3. The summed E-state index contributed by atoms with van der Waals surface area (Å²) in [7, 11) is 0. The molecule has 2 atom stereocenters. The lowest BCUT2D eigenvalue weighted by Gasteiger charge is -2.23. The van der Waals surface area contributed by atoms with Crippen LogP contribution in [0.15, 0.2) is 21.7 Å². The van der Waals surface area contributed by atoms with Crippen LogP contribution >= 0.6 is 0 Å². The molecule has 7 nitrogen and oxygen atoms in total. The Morgan fingerprint density at radius 1 is 1.32 bits per heavy atom. The van der Waals surface area contributed by atoms with Crippen molar-refractivity contribution in [3.8, 4) is 0 Å². The number of urea groups is 1. The largest absolute Gasteiger partial charge is 0.510 e. The van der Waals surface area contributed by atoms with Crippen LogP contribution in [0.5, 0.6) is 0 Å². The average Bonchev–Trinajstić information content (AvgIpc) is 2.67. The van der Waals surface area contributed by atoms with Crippen LogP contribution in [0, 0.1) is 11.8 Å². The number of azo groups is 1. The van der Waals surface area contributed by atoms with Crippen molar-refractivity contribution in [3.05, 3.63) is 11.5 Å². The van der Waals surface area contributed by atoms with Gasteiger partial charge in [0.15, 0.2) is 11.5 Å². The van der Waals surface area contributed by atoms with Crippen LogP contribution in [0.3, 0.4) is 0 Å². The zero-order valence-electron chi connectivity index (χ0n) is 10.5. The predicted molar refractivity (Wildman–Crippen MR) is 65.5 cm³/mol. The molecule has 0 spiro atoms. The Bertz CT molecular complexity index is 444. The Hall–Kier alpha value is -1.76. The van der Waals surface area contributed by atoms with Crippen LogP contribution in [0.4, 0.5) is 4.79 Å². The van der Waals surface area contributed by atoms with Crippen molar-refractivity contribution in [3.63, 3.8) is 0 Å². The highest BCUT2D eigenvalue weighted by molar-refractivity contribution is 6.00. The first-order valence-electron chi connectivity index (χ1n) is 6.43. The van der Waals surface area contributed by atoms with E-state index in [-0.39, 0.29) is 42.2 Å². The van der Waals surface area contributed by atoms with E-state index in [1.54, 1.807) is 0 Å². The Morgan fingerprint density at radius 3 is 2.63 bits per heavy atom. The fourth-order valence-corrected chi connectivity index (χ4v) is 2.64. The van der Waals surface area contributed by atoms with E-state index in [0.29, 0.717) is 0 Å². The van der Waals surface area contributed by atoms with E-state index in [9.17, 15) is 14.7 Å². The smallest absolute Gasteiger partial charge is 0.359 e. The summed E-state index contributed by atoms with van der Waals surface area (Å²) in [4.78, 5) is 23.2. The summed E-state index contributed by atoms with van der Waals surface area (Å²) in [5.41, 5.74) is -0.0870. The number of carbonyl (C=O) groups is 2. The number of hydrogen-bond acceptors (Lipinski definition) is 5. The lowest BCUT2D eigenvalue weighted by Crippen LogP contribution is -2.23. The van der Waals surface area contributed by atoms with E-state index in [2.05, 4.69) is 15.5 Å². The number of fused-ring (bicyclic) bond motifs is 1. The minimum atomic E-state index is -0.739. The number of allylic oxidation sites excluding steroid dienone is 2. The summed E-state index contributed by atoms with van der Waals surface area (Å²) >= 11 is 0. The van der Waals surface area contributed by atoms with Gasteiger partial charge in [-0.25, -0.2) is 4.79 Å². The van der Waals surface area contributed by atoms with Crippen molar-refractivity contribution in [1.29, 1.82) is 0 Å². The monoisotopic (exact) mass is 267 g/mol. The summed E-state index contributed by atoms with van der Waals surface area (Å²) in [5, 5.41) is 27.7.